The van der Waals surface area contributed by atoms with Gasteiger partial charge in [0.15, 0.2) is 0 Å². The summed E-state index contributed by atoms with van der Waals surface area (Å²) in [5.41, 5.74) is 5.13. The molecule has 0 atom stereocenters. The molecule has 0 radical (unpaired) electrons. The number of nitrogens with zero attached hydrogens (tertiary/aromatic N) is 3. The number of halogens is 1. The Morgan fingerprint density at radius 1 is 1.31 bits per heavy atom. The van der Waals surface area contributed by atoms with Crippen LogP contribution in [0.3, 0.4) is 0 Å². The Balaban J connectivity index is 2.18. The molecule has 0 aliphatic heterocycles. The number of nitrogen functional groups attached to an aromatic ring is 1. The lowest BCUT2D eigenvalue weighted by molar-refractivity contribution is 0.213. The minimum Gasteiger partial charge on any atom is -0.394 e. The minimum atomic E-state index is -0.336. The Kier molecular flexibility index (Phi) is 3.11. The number of hydrogen-bond acceptors (Lipinski definition) is 6. The summed E-state index contributed by atoms with van der Waals surface area (Å²) in [6.07, 6.45) is 3.96. The van der Waals surface area contributed by atoms with E-state index >= 15 is 0 Å². The van der Waals surface area contributed by atoms with E-state index in [1.165, 1.54) is 0 Å². The van der Waals surface area contributed by atoms with Crippen molar-refractivity contribution in [1.29, 1.82) is 0 Å². The van der Waals surface area contributed by atoms with Crippen molar-refractivity contribution < 1.29 is 5.11 Å². The average Bonchev–Trinajstić information content (AvgIpc) is 2.65. The summed E-state index contributed by atoms with van der Waals surface area (Å²) >= 11 is 5.68. The van der Waals surface area contributed by atoms with Crippen LogP contribution in [0.2, 0.25) is 5.28 Å². The number of nitrogens with one attached hydrogen (secondary N) is 1. The molecule has 1 aliphatic carbocycles. The van der Waals surface area contributed by atoms with Gasteiger partial charge in [-0.25, -0.2) is 0 Å². The molecule has 0 saturated heterocycles. The van der Waals surface area contributed by atoms with Crippen molar-refractivity contribution in [2.75, 3.05) is 17.7 Å². The van der Waals surface area contributed by atoms with Crippen LogP contribution in [0.4, 0.5) is 11.9 Å². The number of aliphatic hydroxyl groups excluding tert-OH is 1. The van der Waals surface area contributed by atoms with E-state index in [4.69, 9.17) is 17.3 Å². The van der Waals surface area contributed by atoms with Crippen LogP contribution < -0.4 is 11.1 Å². The van der Waals surface area contributed by atoms with Crippen LogP contribution in [0.1, 0.15) is 25.7 Å². The SMILES string of the molecule is Nc1nc(Cl)nc(NC2(CO)CCCC2)n1. The standard InChI is InChI=1S/C9H14ClN5O/c10-6-12-7(11)14-8(13-6)15-9(5-16)3-1-2-4-9/h16H,1-5H2,(H3,11,12,13,14,15). The van der Waals surface area contributed by atoms with E-state index in [0.29, 0.717) is 5.95 Å². The van der Waals surface area contributed by atoms with Crippen LogP contribution in [0.25, 0.3) is 0 Å². The third kappa shape index (κ3) is 2.33. The summed E-state index contributed by atoms with van der Waals surface area (Å²) in [5.74, 6) is 0.405. The van der Waals surface area contributed by atoms with E-state index in [0.717, 1.165) is 25.7 Å². The van der Waals surface area contributed by atoms with Gasteiger partial charge in [-0.15, -0.1) is 0 Å². The minimum absolute atomic E-state index is 0.0518. The topological polar surface area (TPSA) is 97.0 Å². The highest BCUT2D eigenvalue weighted by Gasteiger charge is 2.33. The maximum atomic E-state index is 9.42. The van der Waals surface area contributed by atoms with Crippen molar-refractivity contribution in [1.82, 2.24) is 15.0 Å². The van der Waals surface area contributed by atoms with E-state index in [1.54, 1.807) is 0 Å². The zero-order valence-corrected chi connectivity index (χ0v) is 9.54. The zero-order valence-electron chi connectivity index (χ0n) is 8.78. The maximum absolute atomic E-state index is 9.42. The molecule has 4 N–H and O–H groups in total. The number of rotatable bonds is 3. The average molecular weight is 244 g/mol. The lowest BCUT2D eigenvalue weighted by Crippen LogP contribution is -2.39. The van der Waals surface area contributed by atoms with Gasteiger partial charge in [0.2, 0.25) is 17.2 Å². The first-order valence-corrected chi connectivity index (χ1v) is 5.57. The van der Waals surface area contributed by atoms with Crippen LogP contribution in [0.5, 0.6) is 0 Å². The van der Waals surface area contributed by atoms with E-state index in [9.17, 15) is 5.11 Å². The first-order chi connectivity index (χ1) is 7.63. The molecule has 88 valence electrons. The fourth-order valence-corrected chi connectivity index (χ4v) is 2.20. The molecule has 0 aromatic carbocycles. The monoisotopic (exact) mass is 243 g/mol. The number of anilines is 2. The highest BCUT2D eigenvalue weighted by molar-refractivity contribution is 6.28. The molecule has 1 fully saturated rings. The predicted octanol–water partition coefficient (Wildman–Crippen LogP) is 0.824. The van der Waals surface area contributed by atoms with Gasteiger partial charge < -0.3 is 16.2 Å². The highest BCUT2D eigenvalue weighted by atomic mass is 35.5. The van der Waals surface area contributed by atoms with Gasteiger partial charge in [0.1, 0.15) is 0 Å². The van der Waals surface area contributed by atoms with Gasteiger partial charge in [-0.3, -0.25) is 0 Å². The van der Waals surface area contributed by atoms with Crippen molar-refractivity contribution in [3.05, 3.63) is 5.28 Å². The van der Waals surface area contributed by atoms with Crippen molar-refractivity contribution in [2.45, 2.75) is 31.2 Å². The molecule has 0 spiro atoms. The third-order valence-electron chi connectivity index (χ3n) is 2.87. The second-order valence-electron chi connectivity index (χ2n) is 4.06. The Morgan fingerprint density at radius 2 is 2.00 bits per heavy atom. The lowest BCUT2D eigenvalue weighted by Gasteiger charge is -2.27. The largest absolute Gasteiger partial charge is 0.394 e. The summed E-state index contributed by atoms with van der Waals surface area (Å²) in [4.78, 5) is 11.5. The predicted molar refractivity (Wildman–Crippen MR) is 61.2 cm³/mol. The molecule has 1 saturated carbocycles. The summed E-state index contributed by atoms with van der Waals surface area (Å²) < 4.78 is 0. The van der Waals surface area contributed by atoms with Crippen LogP contribution >= 0.6 is 11.6 Å². The quantitative estimate of drug-likeness (QED) is 0.727. The second kappa shape index (κ2) is 4.39. The van der Waals surface area contributed by atoms with Crippen LogP contribution in [-0.2, 0) is 0 Å². The second-order valence-corrected chi connectivity index (χ2v) is 4.39. The van der Waals surface area contributed by atoms with Crippen LogP contribution in [0, 0.1) is 0 Å². The molecule has 1 aliphatic rings. The Hall–Kier alpha value is -1.14. The van der Waals surface area contributed by atoms with E-state index in [2.05, 4.69) is 20.3 Å². The van der Waals surface area contributed by atoms with Crippen LogP contribution in [0.15, 0.2) is 0 Å². The Bertz CT molecular complexity index is 360. The summed E-state index contributed by atoms with van der Waals surface area (Å²) in [7, 11) is 0. The van der Waals surface area contributed by atoms with Gasteiger partial charge in [0.05, 0.1) is 12.1 Å². The number of aliphatic hydroxyl groups is 1. The van der Waals surface area contributed by atoms with Crippen LogP contribution in [-0.4, -0.2) is 32.2 Å². The number of aromatic nitrogens is 3. The fourth-order valence-electron chi connectivity index (χ4n) is 2.03. The molecule has 1 aromatic rings. The molecule has 6 nitrogen and oxygen atoms in total. The summed E-state index contributed by atoms with van der Waals surface area (Å²) in [5, 5.41) is 12.6. The molecule has 0 unspecified atom stereocenters. The molecule has 16 heavy (non-hydrogen) atoms. The van der Waals surface area contributed by atoms with Crippen molar-refractivity contribution in [3.63, 3.8) is 0 Å². The molecule has 7 heteroatoms. The van der Waals surface area contributed by atoms with Gasteiger partial charge in [0.25, 0.3) is 0 Å². The Labute approximate surface area is 98.3 Å². The molecule has 2 rings (SSSR count). The van der Waals surface area contributed by atoms with Gasteiger partial charge in [-0.1, -0.05) is 12.8 Å². The lowest BCUT2D eigenvalue weighted by atomic mass is 9.99. The van der Waals surface area contributed by atoms with Crippen molar-refractivity contribution >= 4 is 23.5 Å². The van der Waals surface area contributed by atoms with E-state index < -0.39 is 0 Å². The van der Waals surface area contributed by atoms with Gasteiger partial charge in [-0.2, -0.15) is 15.0 Å². The summed E-state index contributed by atoms with van der Waals surface area (Å²) in [6.45, 7) is 0.0518. The highest BCUT2D eigenvalue weighted by Crippen LogP contribution is 2.31. The first-order valence-electron chi connectivity index (χ1n) is 5.20. The zero-order chi connectivity index (χ0) is 11.6. The maximum Gasteiger partial charge on any atom is 0.229 e. The molecular weight excluding hydrogens is 230 g/mol. The third-order valence-corrected chi connectivity index (χ3v) is 3.03. The first kappa shape index (κ1) is 11.3. The Morgan fingerprint density at radius 3 is 2.56 bits per heavy atom. The molecule has 1 aromatic heterocycles. The van der Waals surface area contributed by atoms with Gasteiger partial charge in [0, 0.05) is 0 Å². The van der Waals surface area contributed by atoms with Gasteiger partial charge in [-0.05, 0) is 24.4 Å². The molecular formula is C9H14ClN5O. The summed E-state index contributed by atoms with van der Waals surface area (Å²) in [6, 6.07) is 0. The smallest absolute Gasteiger partial charge is 0.229 e. The number of nitrogens with two attached hydrogens (primary N) is 1. The normalized spacial score (nSPS) is 18.6. The van der Waals surface area contributed by atoms with Crippen molar-refractivity contribution in [3.8, 4) is 0 Å². The van der Waals surface area contributed by atoms with E-state index in [1.807, 2.05) is 0 Å². The molecule has 1 heterocycles. The van der Waals surface area contributed by atoms with E-state index in [-0.39, 0.29) is 23.4 Å². The molecule has 0 amide bonds. The van der Waals surface area contributed by atoms with Crippen molar-refractivity contribution in [2.24, 2.45) is 0 Å². The fraction of sp³-hybridized carbons (Fsp3) is 0.667. The van der Waals surface area contributed by atoms with Gasteiger partial charge >= 0.3 is 0 Å². The molecule has 0 bridgehead atoms. The number of hydrogen-bond donors (Lipinski definition) is 3.